The minimum Gasteiger partial charge on any atom is -0.484 e. The van der Waals surface area contributed by atoms with Crippen LogP contribution < -0.4 is 15.4 Å². The topological polar surface area (TPSA) is 76.7 Å². The highest BCUT2D eigenvalue weighted by Crippen LogP contribution is 2.20. The Balaban J connectivity index is 1.55. The number of amides is 1. The molecule has 0 saturated heterocycles. The Labute approximate surface area is 169 Å². The number of aryl methyl sites for hydroxylation is 1. The molecule has 148 valence electrons. The molecule has 0 spiro atoms. The van der Waals surface area contributed by atoms with Crippen LogP contribution in [0.1, 0.15) is 15.9 Å². The second-order valence-electron chi connectivity index (χ2n) is 6.37. The fraction of sp³-hybridized carbons (Fsp3) is 0.130. The maximum atomic E-state index is 12.2. The van der Waals surface area contributed by atoms with E-state index < -0.39 is 5.97 Å². The van der Waals surface area contributed by atoms with Gasteiger partial charge in [-0.2, -0.15) is 0 Å². The Bertz CT molecular complexity index is 986. The van der Waals surface area contributed by atoms with Gasteiger partial charge in [-0.1, -0.05) is 24.3 Å². The quantitative estimate of drug-likeness (QED) is 0.579. The third-order valence-corrected chi connectivity index (χ3v) is 4.22. The van der Waals surface area contributed by atoms with Gasteiger partial charge >= 0.3 is 5.97 Å². The molecule has 0 fully saturated rings. The minimum absolute atomic E-state index is 0.145. The van der Waals surface area contributed by atoms with Gasteiger partial charge in [0.15, 0.2) is 6.61 Å². The summed E-state index contributed by atoms with van der Waals surface area (Å²) in [5.74, 6) is -0.193. The number of hydrogen-bond donors (Lipinski definition) is 2. The predicted molar refractivity (Wildman–Crippen MR) is 113 cm³/mol. The number of anilines is 3. The second-order valence-corrected chi connectivity index (χ2v) is 6.37. The molecule has 0 heterocycles. The van der Waals surface area contributed by atoms with Crippen molar-refractivity contribution in [2.45, 2.75) is 6.92 Å². The number of esters is 1. The van der Waals surface area contributed by atoms with E-state index in [-0.39, 0.29) is 12.5 Å². The zero-order chi connectivity index (χ0) is 20.6. The number of methoxy groups -OCH3 is 1. The standard InChI is InChI=1S/C23H22N2O4/c1-16-8-9-17(23(27)28-2)14-21(16)25-22(26)15-29-20-12-10-19(11-13-20)24-18-6-4-3-5-7-18/h3-14,24H,15H2,1-2H3,(H,25,26). The number of carbonyl (C=O) groups excluding carboxylic acids is 2. The van der Waals surface area contributed by atoms with Crippen LogP contribution in [0.3, 0.4) is 0 Å². The largest absolute Gasteiger partial charge is 0.484 e. The van der Waals surface area contributed by atoms with E-state index in [4.69, 9.17) is 9.47 Å². The Hall–Kier alpha value is -3.80. The first-order valence-corrected chi connectivity index (χ1v) is 9.09. The van der Waals surface area contributed by atoms with Gasteiger partial charge in [0, 0.05) is 17.1 Å². The minimum atomic E-state index is -0.457. The molecule has 3 rings (SSSR count). The Morgan fingerprint density at radius 2 is 1.59 bits per heavy atom. The van der Waals surface area contributed by atoms with Gasteiger partial charge in [0.25, 0.3) is 5.91 Å². The molecule has 2 N–H and O–H groups in total. The summed E-state index contributed by atoms with van der Waals surface area (Å²) in [4.78, 5) is 23.9. The number of rotatable bonds is 7. The summed E-state index contributed by atoms with van der Waals surface area (Å²) in [6.45, 7) is 1.70. The first-order valence-electron chi connectivity index (χ1n) is 9.09. The molecule has 0 aliphatic carbocycles. The smallest absolute Gasteiger partial charge is 0.337 e. The van der Waals surface area contributed by atoms with Crippen LogP contribution in [-0.4, -0.2) is 25.6 Å². The lowest BCUT2D eigenvalue weighted by Crippen LogP contribution is -2.21. The van der Waals surface area contributed by atoms with E-state index in [2.05, 4.69) is 10.6 Å². The monoisotopic (exact) mass is 390 g/mol. The maximum absolute atomic E-state index is 12.2. The van der Waals surface area contributed by atoms with E-state index >= 15 is 0 Å². The lowest BCUT2D eigenvalue weighted by atomic mass is 10.1. The summed E-state index contributed by atoms with van der Waals surface area (Å²) in [6, 6.07) is 22.2. The number of benzene rings is 3. The first kappa shape index (κ1) is 19.9. The molecule has 0 radical (unpaired) electrons. The molecule has 0 aromatic heterocycles. The third kappa shape index (κ3) is 5.59. The average molecular weight is 390 g/mol. The van der Waals surface area contributed by atoms with Crippen LogP contribution in [0.2, 0.25) is 0 Å². The van der Waals surface area contributed by atoms with E-state index in [1.165, 1.54) is 7.11 Å². The van der Waals surface area contributed by atoms with Crippen LogP contribution in [0.25, 0.3) is 0 Å². The summed E-state index contributed by atoms with van der Waals surface area (Å²) < 4.78 is 10.3. The predicted octanol–water partition coefficient (Wildman–Crippen LogP) is 4.54. The van der Waals surface area contributed by atoms with Crippen molar-refractivity contribution in [3.63, 3.8) is 0 Å². The zero-order valence-electron chi connectivity index (χ0n) is 16.3. The van der Waals surface area contributed by atoms with Crippen molar-refractivity contribution < 1.29 is 19.1 Å². The van der Waals surface area contributed by atoms with Crippen LogP contribution in [0, 0.1) is 6.92 Å². The molecular formula is C23H22N2O4. The fourth-order valence-corrected chi connectivity index (χ4v) is 2.66. The van der Waals surface area contributed by atoms with E-state index in [1.807, 2.05) is 49.4 Å². The highest BCUT2D eigenvalue weighted by molar-refractivity contribution is 5.95. The molecule has 6 nitrogen and oxygen atoms in total. The highest BCUT2D eigenvalue weighted by atomic mass is 16.5. The SMILES string of the molecule is COC(=O)c1ccc(C)c(NC(=O)COc2ccc(Nc3ccccc3)cc2)c1. The molecule has 0 saturated carbocycles. The van der Waals surface area contributed by atoms with Crippen LogP contribution >= 0.6 is 0 Å². The molecule has 6 heteroatoms. The molecule has 0 unspecified atom stereocenters. The van der Waals surface area contributed by atoms with Crippen molar-refractivity contribution in [3.8, 4) is 5.75 Å². The fourth-order valence-electron chi connectivity index (χ4n) is 2.66. The van der Waals surface area contributed by atoms with Gasteiger partial charge in [0.1, 0.15) is 5.75 Å². The highest BCUT2D eigenvalue weighted by Gasteiger charge is 2.11. The first-order chi connectivity index (χ1) is 14.0. The molecule has 0 bridgehead atoms. The number of nitrogens with one attached hydrogen (secondary N) is 2. The molecule has 29 heavy (non-hydrogen) atoms. The summed E-state index contributed by atoms with van der Waals surface area (Å²) in [7, 11) is 1.31. The van der Waals surface area contributed by atoms with Crippen molar-refractivity contribution in [3.05, 3.63) is 83.9 Å². The van der Waals surface area contributed by atoms with Crippen LogP contribution in [0.15, 0.2) is 72.8 Å². The van der Waals surface area contributed by atoms with E-state index in [1.54, 1.807) is 30.3 Å². The van der Waals surface area contributed by atoms with Crippen molar-refractivity contribution in [1.82, 2.24) is 0 Å². The molecule has 0 aliphatic heterocycles. The van der Waals surface area contributed by atoms with Crippen molar-refractivity contribution in [2.24, 2.45) is 0 Å². The Kier molecular flexibility index (Phi) is 6.47. The zero-order valence-corrected chi connectivity index (χ0v) is 16.3. The van der Waals surface area contributed by atoms with Gasteiger partial charge in [0.05, 0.1) is 12.7 Å². The van der Waals surface area contributed by atoms with Gasteiger partial charge in [-0.3, -0.25) is 4.79 Å². The average Bonchev–Trinajstić information content (AvgIpc) is 2.75. The van der Waals surface area contributed by atoms with Crippen LogP contribution in [0.5, 0.6) is 5.75 Å². The van der Waals surface area contributed by atoms with E-state index in [0.29, 0.717) is 17.0 Å². The summed E-state index contributed by atoms with van der Waals surface area (Å²) in [5, 5.41) is 6.04. The van der Waals surface area contributed by atoms with Crippen LogP contribution in [-0.2, 0) is 9.53 Å². The molecule has 0 atom stereocenters. The lowest BCUT2D eigenvalue weighted by Gasteiger charge is -2.11. The number of hydrogen-bond acceptors (Lipinski definition) is 5. The van der Waals surface area contributed by atoms with Crippen molar-refractivity contribution in [2.75, 3.05) is 24.4 Å². The van der Waals surface area contributed by atoms with Gasteiger partial charge in [0.2, 0.25) is 0 Å². The molecular weight excluding hydrogens is 368 g/mol. The van der Waals surface area contributed by atoms with Crippen molar-refractivity contribution >= 4 is 28.9 Å². The number of para-hydroxylation sites is 1. The Morgan fingerprint density at radius 3 is 2.28 bits per heavy atom. The summed E-state index contributed by atoms with van der Waals surface area (Å²) in [5.41, 5.74) is 3.66. The van der Waals surface area contributed by atoms with Crippen molar-refractivity contribution in [1.29, 1.82) is 0 Å². The summed E-state index contributed by atoms with van der Waals surface area (Å²) >= 11 is 0. The number of carbonyl (C=O) groups is 2. The molecule has 3 aromatic rings. The third-order valence-electron chi connectivity index (χ3n) is 4.22. The van der Waals surface area contributed by atoms with Gasteiger partial charge in [-0.15, -0.1) is 0 Å². The summed E-state index contributed by atoms with van der Waals surface area (Å²) in [6.07, 6.45) is 0. The maximum Gasteiger partial charge on any atom is 0.337 e. The molecule has 1 amide bonds. The van der Waals surface area contributed by atoms with E-state index in [0.717, 1.165) is 16.9 Å². The Morgan fingerprint density at radius 1 is 0.897 bits per heavy atom. The molecule has 3 aromatic carbocycles. The number of ether oxygens (including phenoxy) is 2. The second kappa shape index (κ2) is 9.41. The van der Waals surface area contributed by atoms with Gasteiger partial charge in [-0.05, 0) is 61.0 Å². The van der Waals surface area contributed by atoms with E-state index in [9.17, 15) is 9.59 Å². The normalized spacial score (nSPS) is 10.1. The van der Waals surface area contributed by atoms with Gasteiger partial charge in [-0.25, -0.2) is 4.79 Å². The van der Waals surface area contributed by atoms with Crippen LogP contribution in [0.4, 0.5) is 17.1 Å². The molecule has 0 aliphatic rings. The van der Waals surface area contributed by atoms with Gasteiger partial charge < -0.3 is 20.1 Å². The lowest BCUT2D eigenvalue weighted by molar-refractivity contribution is -0.118.